The van der Waals surface area contributed by atoms with Gasteiger partial charge in [0.15, 0.2) is 0 Å². The molecule has 0 aliphatic carbocycles. The Bertz CT molecular complexity index is 648. The van der Waals surface area contributed by atoms with Crippen LogP contribution in [0.4, 0.5) is 0 Å². The molecule has 1 aliphatic heterocycles. The second-order valence-electron chi connectivity index (χ2n) is 5.40. The molecule has 7 heteroatoms. The van der Waals surface area contributed by atoms with E-state index in [1.807, 2.05) is 6.92 Å². The zero-order chi connectivity index (χ0) is 16.3. The van der Waals surface area contributed by atoms with E-state index in [0.717, 1.165) is 5.56 Å². The summed E-state index contributed by atoms with van der Waals surface area (Å²) in [6, 6.07) is 5.00. The van der Waals surface area contributed by atoms with Crippen LogP contribution in [0, 0.1) is 12.8 Å². The van der Waals surface area contributed by atoms with Gasteiger partial charge in [-0.25, -0.2) is 8.42 Å². The van der Waals surface area contributed by atoms with Gasteiger partial charge >= 0.3 is 5.97 Å². The average Bonchev–Trinajstić information content (AvgIpc) is 2.47. The Balaban J connectivity index is 2.26. The van der Waals surface area contributed by atoms with Crippen molar-refractivity contribution in [2.24, 2.45) is 5.92 Å². The Kier molecular flexibility index (Phi) is 5.08. The molecule has 122 valence electrons. The Morgan fingerprint density at radius 1 is 1.36 bits per heavy atom. The van der Waals surface area contributed by atoms with Crippen molar-refractivity contribution in [3.05, 3.63) is 23.8 Å². The summed E-state index contributed by atoms with van der Waals surface area (Å²) in [5.41, 5.74) is 0.923. The number of carboxylic acid groups (broad SMARTS) is 1. The lowest BCUT2D eigenvalue weighted by Gasteiger charge is -2.29. The second kappa shape index (κ2) is 6.66. The van der Waals surface area contributed by atoms with E-state index in [0.29, 0.717) is 25.2 Å². The standard InChI is InChI=1S/C15H21NO5S/c1-3-21-13-10-11(2)4-5-14(13)22(19,20)16-8-6-12(7-9-16)15(17)18/h4-5,10,12H,3,6-9H2,1-2H3,(H,17,18). The first-order valence-electron chi connectivity index (χ1n) is 7.32. The summed E-state index contributed by atoms with van der Waals surface area (Å²) in [7, 11) is -3.67. The highest BCUT2D eigenvalue weighted by molar-refractivity contribution is 7.89. The third-order valence-corrected chi connectivity index (χ3v) is 5.76. The van der Waals surface area contributed by atoms with E-state index >= 15 is 0 Å². The molecule has 0 saturated carbocycles. The number of hydrogen-bond acceptors (Lipinski definition) is 4. The van der Waals surface area contributed by atoms with Crippen LogP contribution in [0.2, 0.25) is 0 Å². The van der Waals surface area contributed by atoms with Gasteiger partial charge in [-0.3, -0.25) is 4.79 Å². The van der Waals surface area contributed by atoms with Crippen LogP contribution in [0.25, 0.3) is 0 Å². The van der Waals surface area contributed by atoms with Crippen molar-refractivity contribution in [2.75, 3.05) is 19.7 Å². The van der Waals surface area contributed by atoms with Crippen LogP contribution >= 0.6 is 0 Å². The molecular weight excluding hydrogens is 306 g/mol. The Labute approximate surface area is 130 Å². The summed E-state index contributed by atoms with van der Waals surface area (Å²) < 4.78 is 32.3. The number of sulfonamides is 1. The van der Waals surface area contributed by atoms with Crippen LogP contribution in [0.1, 0.15) is 25.3 Å². The number of aliphatic carboxylic acids is 1. The maximum atomic E-state index is 12.8. The fourth-order valence-electron chi connectivity index (χ4n) is 2.58. The molecule has 0 spiro atoms. The summed E-state index contributed by atoms with van der Waals surface area (Å²) in [5.74, 6) is -0.971. The van der Waals surface area contributed by atoms with Crippen molar-refractivity contribution >= 4 is 16.0 Å². The number of carbonyl (C=O) groups is 1. The fraction of sp³-hybridized carbons (Fsp3) is 0.533. The highest BCUT2D eigenvalue weighted by atomic mass is 32.2. The van der Waals surface area contributed by atoms with Gasteiger partial charge in [0.05, 0.1) is 12.5 Å². The first-order valence-corrected chi connectivity index (χ1v) is 8.76. The van der Waals surface area contributed by atoms with Gasteiger partial charge in [-0.05, 0) is 44.4 Å². The summed E-state index contributed by atoms with van der Waals surface area (Å²) >= 11 is 0. The molecule has 1 aromatic rings. The summed E-state index contributed by atoms with van der Waals surface area (Å²) in [4.78, 5) is 11.1. The zero-order valence-corrected chi connectivity index (χ0v) is 13.6. The van der Waals surface area contributed by atoms with Gasteiger partial charge < -0.3 is 9.84 Å². The van der Waals surface area contributed by atoms with Crippen LogP contribution in [-0.2, 0) is 14.8 Å². The number of hydrogen-bond donors (Lipinski definition) is 1. The minimum atomic E-state index is -3.67. The number of nitrogens with zero attached hydrogens (tertiary/aromatic N) is 1. The van der Waals surface area contributed by atoms with Crippen molar-refractivity contribution < 1.29 is 23.1 Å². The smallest absolute Gasteiger partial charge is 0.306 e. The molecule has 1 aromatic carbocycles. The molecule has 1 aliphatic rings. The quantitative estimate of drug-likeness (QED) is 0.892. The van der Waals surface area contributed by atoms with E-state index in [2.05, 4.69) is 0 Å². The Hall–Kier alpha value is -1.60. The molecule has 1 saturated heterocycles. The largest absolute Gasteiger partial charge is 0.492 e. The first kappa shape index (κ1) is 16.8. The fourth-order valence-corrected chi connectivity index (χ4v) is 4.16. The lowest BCUT2D eigenvalue weighted by molar-refractivity contribution is -0.142. The normalized spacial score (nSPS) is 17.4. The minimum Gasteiger partial charge on any atom is -0.492 e. The summed E-state index contributed by atoms with van der Waals surface area (Å²) in [6.45, 7) is 4.50. The summed E-state index contributed by atoms with van der Waals surface area (Å²) in [6.07, 6.45) is 0.675. The van der Waals surface area contributed by atoms with Gasteiger partial charge in [0, 0.05) is 13.1 Å². The van der Waals surface area contributed by atoms with Crippen molar-refractivity contribution in [1.29, 1.82) is 0 Å². The second-order valence-corrected chi connectivity index (χ2v) is 7.31. The lowest BCUT2D eigenvalue weighted by atomic mass is 9.99. The molecule has 0 amide bonds. The van der Waals surface area contributed by atoms with Crippen molar-refractivity contribution in [1.82, 2.24) is 4.31 Å². The van der Waals surface area contributed by atoms with Crippen LogP contribution in [-0.4, -0.2) is 43.5 Å². The topological polar surface area (TPSA) is 83.9 Å². The average molecular weight is 327 g/mol. The van der Waals surface area contributed by atoms with Crippen LogP contribution in [0.15, 0.2) is 23.1 Å². The SMILES string of the molecule is CCOc1cc(C)ccc1S(=O)(=O)N1CCC(C(=O)O)CC1. The molecule has 0 atom stereocenters. The van der Waals surface area contributed by atoms with Gasteiger partial charge in [-0.15, -0.1) is 0 Å². The highest BCUT2D eigenvalue weighted by Gasteiger charge is 2.33. The molecule has 1 N–H and O–H groups in total. The predicted octanol–water partition coefficient (Wildman–Crippen LogP) is 1.88. The van der Waals surface area contributed by atoms with Gasteiger partial charge in [0.2, 0.25) is 10.0 Å². The molecule has 0 unspecified atom stereocenters. The van der Waals surface area contributed by atoms with Crippen molar-refractivity contribution in [3.8, 4) is 5.75 Å². The molecule has 2 rings (SSSR count). The molecular formula is C15H21NO5S. The monoisotopic (exact) mass is 327 g/mol. The third kappa shape index (κ3) is 3.41. The molecule has 0 aromatic heterocycles. The van der Waals surface area contributed by atoms with E-state index in [1.54, 1.807) is 25.1 Å². The van der Waals surface area contributed by atoms with E-state index in [9.17, 15) is 13.2 Å². The number of piperidine rings is 1. The number of aryl methyl sites for hydroxylation is 1. The number of rotatable bonds is 5. The molecule has 1 heterocycles. The molecule has 0 bridgehead atoms. The van der Waals surface area contributed by atoms with Gasteiger partial charge in [0.1, 0.15) is 10.6 Å². The zero-order valence-electron chi connectivity index (χ0n) is 12.8. The van der Waals surface area contributed by atoms with E-state index in [4.69, 9.17) is 9.84 Å². The maximum absolute atomic E-state index is 12.8. The first-order chi connectivity index (χ1) is 10.4. The van der Waals surface area contributed by atoms with Crippen molar-refractivity contribution in [3.63, 3.8) is 0 Å². The third-order valence-electron chi connectivity index (χ3n) is 3.82. The number of ether oxygens (including phenoxy) is 1. The molecule has 1 fully saturated rings. The van der Waals surface area contributed by atoms with E-state index in [-0.39, 0.29) is 18.0 Å². The predicted molar refractivity (Wildman–Crippen MR) is 81.5 cm³/mol. The number of carboxylic acids is 1. The van der Waals surface area contributed by atoms with Gasteiger partial charge in [0.25, 0.3) is 0 Å². The Morgan fingerprint density at radius 2 is 2.00 bits per heavy atom. The van der Waals surface area contributed by atoms with Gasteiger partial charge in [-0.1, -0.05) is 6.07 Å². The number of benzene rings is 1. The van der Waals surface area contributed by atoms with Crippen LogP contribution in [0.5, 0.6) is 5.75 Å². The van der Waals surface area contributed by atoms with E-state index in [1.165, 1.54) is 4.31 Å². The summed E-state index contributed by atoms with van der Waals surface area (Å²) in [5, 5.41) is 9.00. The molecule has 22 heavy (non-hydrogen) atoms. The highest BCUT2D eigenvalue weighted by Crippen LogP contribution is 2.30. The maximum Gasteiger partial charge on any atom is 0.306 e. The van der Waals surface area contributed by atoms with Crippen LogP contribution in [0.3, 0.4) is 0 Å². The lowest BCUT2D eigenvalue weighted by Crippen LogP contribution is -2.40. The van der Waals surface area contributed by atoms with E-state index < -0.39 is 21.9 Å². The Morgan fingerprint density at radius 3 is 2.55 bits per heavy atom. The molecule has 6 nitrogen and oxygen atoms in total. The minimum absolute atomic E-state index is 0.147. The van der Waals surface area contributed by atoms with Crippen LogP contribution < -0.4 is 4.74 Å². The van der Waals surface area contributed by atoms with Gasteiger partial charge in [-0.2, -0.15) is 4.31 Å². The molecule has 0 radical (unpaired) electrons. The van der Waals surface area contributed by atoms with Crippen molar-refractivity contribution in [2.45, 2.75) is 31.6 Å².